The third-order valence-corrected chi connectivity index (χ3v) is 10.8. The SMILES string of the molecule is CN1CCC2C(C1)c1cc(N)ccc1N2S(C)(=O)=O.CN1CCC2C(C1)c1cc([N+](=O)[O-])ccc1N2S(C)(=O)=O. The molecule has 2 saturated heterocycles. The van der Waals surface area contributed by atoms with Crippen LogP contribution in [0.1, 0.15) is 35.8 Å². The van der Waals surface area contributed by atoms with E-state index < -0.39 is 25.0 Å². The van der Waals surface area contributed by atoms with Crippen molar-refractivity contribution in [2.45, 2.75) is 36.8 Å². The molecule has 2 aromatic rings. The molecule has 0 aromatic heterocycles. The zero-order valence-corrected chi connectivity index (χ0v) is 24.7. The number of benzene rings is 2. The Hall–Kier alpha value is -2.94. The maximum absolute atomic E-state index is 12.1. The van der Waals surface area contributed by atoms with E-state index in [1.54, 1.807) is 16.4 Å². The molecule has 4 aliphatic rings. The Morgan fingerprint density at radius 1 is 0.800 bits per heavy atom. The number of rotatable bonds is 3. The molecule has 4 aliphatic heterocycles. The minimum absolute atomic E-state index is 0.00613. The Bertz CT molecular complexity index is 1550. The number of nitro groups is 1. The van der Waals surface area contributed by atoms with Gasteiger partial charge in [0, 0.05) is 42.7 Å². The third-order valence-electron chi connectivity index (χ3n) is 8.42. The second-order valence-electron chi connectivity index (χ2n) is 11.4. The maximum Gasteiger partial charge on any atom is 0.269 e. The van der Waals surface area contributed by atoms with Gasteiger partial charge < -0.3 is 15.5 Å². The molecule has 2 N–H and O–H groups in total. The van der Waals surface area contributed by atoms with Gasteiger partial charge in [-0.25, -0.2) is 16.8 Å². The summed E-state index contributed by atoms with van der Waals surface area (Å²) in [6, 6.07) is 9.91. The van der Waals surface area contributed by atoms with Gasteiger partial charge in [-0.1, -0.05) is 0 Å². The summed E-state index contributed by atoms with van der Waals surface area (Å²) in [4.78, 5) is 14.9. The van der Waals surface area contributed by atoms with Gasteiger partial charge in [0.1, 0.15) is 0 Å². The van der Waals surface area contributed by atoms with Gasteiger partial charge in [0.15, 0.2) is 0 Å². The van der Waals surface area contributed by atoms with Crippen LogP contribution in [0.5, 0.6) is 0 Å². The fourth-order valence-corrected chi connectivity index (χ4v) is 9.34. The van der Waals surface area contributed by atoms with E-state index in [-0.39, 0.29) is 29.6 Å². The molecule has 218 valence electrons. The van der Waals surface area contributed by atoms with Crippen molar-refractivity contribution in [3.05, 3.63) is 57.6 Å². The Kier molecular flexibility index (Phi) is 7.26. The normalized spacial score (nSPS) is 26.3. The number of piperidine rings is 2. The summed E-state index contributed by atoms with van der Waals surface area (Å²) in [5, 5.41) is 11.0. The monoisotopic (exact) mass is 592 g/mol. The Morgan fingerprint density at radius 2 is 1.25 bits per heavy atom. The van der Waals surface area contributed by atoms with Crippen LogP contribution in [0.3, 0.4) is 0 Å². The first-order valence-electron chi connectivity index (χ1n) is 13.2. The average Bonchev–Trinajstić information content (AvgIpc) is 3.36. The molecule has 0 bridgehead atoms. The highest BCUT2D eigenvalue weighted by Crippen LogP contribution is 2.48. The lowest BCUT2D eigenvalue weighted by molar-refractivity contribution is -0.384. The van der Waals surface area contributed by atoms with Gasteiger partial charge in [-0.15, -0.1) is 0 Å². The summed E-state index contributed by atoms with van der Waals surface area (Å²) < 4.78 is 51.5. The van der Waals surface area contributed by atoms with Crippen LogP contribution in [0.4, 0.5) is 22.7 Å². The highest BCUT2D eigenvalue weighted by molar-refractivity contribution is 7.92. The number of anilines is 3. The fourth-order valence-electron chi connectivity index (χ4n) is 6.81. The molecule has 0 spiro atoms. The van der Waals surface area contributed by atoms with Crippen molar-refractivity contribution in [1.29, 1.82) is 0 Å². The molecule has 0 aliphatic carbocycles. The molecule has 2 fully saturated rings. The van der Waals surface area contributed by atoms with Gasteiger partial charge in [0.05, 0.1) is 40.9 Å². The number of likely N-dealkylation sites (tertiary alicyclic amines) is 2. The number of hydrogen-bond donors (Lipinski definition) is 1. The fraction of sp³-hybridized carbons (Fsp3) is 0.538. The van der Waals surface area contributed by atoms with Crippen molar-refractivity contribution in [3.8, 4) is 0 Å². The topological polar surface area (TPSA) is 150 Å². The van der Waals surface area contributed by atoms with Gasteiger partial charge in [-0.2, -0.15) is 0 Å². The maximum atomic E-state index is 12.1. The molecular formula is C26H36N6O6S2. The summed E-state index contributed by atoms with van der Waals surface area (Å²) in [5.41, 5.74) is 9.81. The molecule has 0 saturated carbocycles. The Labute approximate surface area is 235 Å². The number of sulfonamides is 2. The molecule has 14 heteroatoms. The van der Waals surface area contributed by atoms with Gasteiger partial charge >= 0.3 is 0 Å². The standard InChI is InChI=1S/C13H17N3O4S.C13H19N3O2S/c1-14-6-5-13-11(8-14)10-7-9(16(17)18)3-4-12(10)15(13)21(2,19)20;1-15-6-5-13-11(8-15)10-7-9(14)3-4-12(10)16(13)19(2,17)18/h3-4,7,11,13H,5-6,8H2,1-2H3;3-4,7,11,13H,5-6,8,14H2,1-2H3. The molecule has 0 amide bonds. The van der Waals surface area contributed by atoms with Crippen LogP contribution in [0, 0.1) is 10.1 Å². The zero-order valence-electron chi connectivity index (χ0n) is 23.1. The summed E-state index contributed by atoms with van der Waals surface area (Å²) in [6.07, 6.45) is 4.08. The summed E-state index contributed by atoms with van der Waals surface area (Å²) in [7, 11) is -2.58. The number of fused-ring (bicyclic) bond motifs is 6. The van der Waals surface area contributed by atoms with E-state index >= 15 is 0 Å². The van der Waals surface area contributed by atoms with Gasteiger partial charge in [0.25, 0.3) is 5.69 Å². The lowest BCUT2D eigenvalue weighted by Gasteiger charge is -2.36. The van der Waals surface area contributed by atoms with Crippen LogP contribution >= 0.6 is 0 Å². The van der Waals surface area contributed by atoms with E-state index in [4.69, 9.17) is 5.73 Å². The van der Waals surface area contributed by atoms with Crippen molar-refractivity contribution < 1.29 is 21.8 Å². The van der Waals surface area contributed by atoms with E-state index in [2.05, 4.69) is 16.8 Å². The first-order chi connectivity index (χ1) is 18.7. The average molecular weight is 593 g/mol. The molecule has 4 atom stereocenters. The number of nitrogen functional groups attached to an aromatic ring is 1. The van der Waals surface area contributed by atoms with Gasteiger partial charge in [0.2, 0.25) is 20.0 Å². The summed E-state index contributed by atoms with van der Waals surface area (Å²) in [6.45, 7) is 3.35. The Morgan fingerprint density at radius 3 is 1.70 bits per heavy atom. The van der Waals surface area contributed by atoms with Crippen molar-refractivity contribution in [2.24, 2.45) is 0 Å². The Balaban J connectivity index is 0.000000162. The van der Waals surface area contributed by atoms with Crippen LogP contribution < -0.4 is 14.3 Å². The molecule has 40 heavy (non-hydrogen) atoms. The first kappa shape index (κ1) is 28.6. The van der Waals surface area contributed by atoms with Crippen molar-refractivity contribution >= 4 is 42.8 Å². The van der Waals surface area contributed by atoms with E-state index in [1.165, 1.54) is 28.9 Å². The van der Waals surface area contributed by atoms with Crippen LogP contribution in [0.2, 0.25) is 0 Å². The lowest BCUT2D eigenvalue weighted by Crippen LogP contribution is -2.46. The first-order valence-corrected chi connectivity index (χ1v) is 16.9. The van der Waals surface area contributed by atoms with Crippen molar-refractivity contribution in [2.75, 3.05) is 67.1 Å². The number of nitrogens with two attached hydrogens (primary N) is 1. The minimum atomic E-state index is -3.39. The predicted octanol–water partition coefficient (Wildman–Crippen LogP) is 2.00. The van der Waals surface area contributed by atoms with Crippen LogP contribution in [0.15, 0.2) is 36.4 Å². The van der Waals surface area contributed by atoms with Crippen molar-refractivity contribution in [1.82, 2.24) is 9.80 Å². The predicted molar refractivity (Wildman–Crippen MR) is 156 cm³/mol. The molecular weight excluding hydrogens is 556 g/mol. The largest absolute Gasteiger partial charge is 0.399 e. The lowest BCUT2D eigenvalue weighted by atomic mass is 9.89. The van der Waals surface area contributed by atoms with Gasteiger partial charge in [-0.3, -0.25) is 18.7 Å². The molecule has 6 rings (SSSR count). The summed E-state index contributed by atoms with van der Waals surface area (Å²) in [5.74, 6) is 0.223. The van der Waals surface area contributed by atoms with Crippen LogP contribution in [0.25, 0.3) is 0 Å². The van der Waals surface area contributed by atoms with E-state index in [1.807, 2.05) is 19.2 Å². The number of hydrogen-bond acceptors (Lipinski definition) is 9. The number of nitrogens with zero attached hydrogens (tertiary/aromatic N) is 5. The second-order valence-corrected chi connectivity index (χ2v) is 15.1. The molecule has 4 unspecified atom stereocenters. The summed E-state index contributed by atoms with van der Waals surface area (Å²) >= 11 is 0. The minimum Gasteiger partial charge on any atom is -0.399 e. The molecule has 4 heterocycles. The van der Waals surface area contributed by atoms with Crippen molar-refractivity contribution in [3.63, 3.8) is 0 Å². The van der Waals surface area contributed by atoms with Gasteiger partial charge in [-0.05, 0) is 75.4 Å². The van der Waals surface area contributed by atoms with E-state index in [0.717, 1.165) is 49.3 Å². The molecule has 2 aromatic carbocycles. The third kappa shape index (κ3) is 5.13. The smallest absolute Gasteiger partial charge is 0.269 e. The molecule has 12 nitrogen and oxygen atoms in total. The quantitative estimate of drug-likeness (QED) is 0.321. The zero-order chi connectivity index (χ0) is 29.1. The van der Waals surface area contributed by atoms with E-state index in [0.29, 0.717) is 17.9 Å². The second kappa shape index (κ2) is 10.2. The molecule has 0 radical (unpaired) electrons. The highest BCUT2D eigenvalue weighted by atomic mass is 32.2. The van der Waals surface area contributed by atoms with Crippen LogP contribution in [-0.2, 0) is 20.0 Å². The van der Waals surface area contributed by atoms with E-state index in [9.17, 15) is 26.9 Å². The highest BCUT2D eigenvalue weighted by Gasteiger charge is 2.46. The number of nitro benzene ring substituents is 1. The number of non-ortho nitro benzene ring substituents is 1. The van der Waals surface area contributed by atoms with Crippen LogP contribution in [-0.4, -0.2) is 96.4 Å². The number of likely N-dealkylation sites (N-methyl/N-ethyl adjacent to an activating group) is 2.